The van der Waals surface area contributed by atoms with E-state index in [1.807, 2.05) is 24.3 Å². The number of nitrogens with two attached hydrogens (primary N) is 1. The largest absolute Gasteiger partial charge is 1.00 e. The van der Waals surface area contributed by atoms with Gasteiger partial charge in [-0.15, -0.1) is 0 Å². The summed E-state index contributed by atoms with van der Waals surface area (Å²) in [5, 5.41) is 45.4. The molecule has 632 valence electrons. The number of H-pyrrole nitrogens is 1. The predicted molar refractivity (Wildman–Crippen MR) is 481 cm³/mol. The van der Waals surface area contributed by atoms with Crippen molar-refractivity contribution in [1.29, 1.82) is 0 Å². The van der Waals surface area contributed by atoms with E-state index in [-0.39, 0.29) is 86.6 Å². The van der Waals surface area contributed by atoms with Gasteiger partial charge < -0.3 is 41.1 Å². The number of benzene rings is 10. The first-order valence-corrected chi connectivity index (χ1v) is 42.0. The average Bonchev–Trinajstić information content (AvgIpc) is 1.65. The Morgan fingerprint density at radius 1 is 0.472 bits per heavy atom. The van der Waals surface area contributed by atoms with Gasteiger partial charge in [-0.3, -0.25) is 9.49 Å². The Morgan fingerprint density at radius 3 is 1.11 bits per heavy atom. The molecule has 8 N–H and O–H groups in total. The number of nitrogens with one attached hydrogen (secondary N) is 1. The molecule has 10 aromatic carbocycles. The molecule has 1 aliphatic carbocycles. The van der Waals surface area contributed by atoms with Crippen LogP contribution in [-0.4, -0.2) is 148 Å². The number of sulfone groups is 1. The molecule has 123 heavy (non-hydrogen) atoms. The molecule has 26 nitrogen and oxygen atoms in total. The fourth-order valence-electron chi connectivity index (χ4n) is 11.5. The maximum atomic E-state index is 13.0. The zero-order chi connectivity index (χ0) is 87.7. The van der Waals surface area contributed by atoms with Crippen LogP contribution in [0.3, 0.4) is 0 Å². The number of hydrogen-bond donors (Lipinski definition) is 4. The van der Waals surface area contributed by atoms with Crippen LogP contribution in [-0.2, 0) is 29.6 Å². The number of nitrogens with zero attached hydrogens (tertiary/aromatic N) is 10. The summed E-state index contributed by atoms with van der Waals surface area (Å²) in [5.74, 6) is -4.67. The van der Waals surface area contributed by atoms with Crippen molar-refractivity contribution in [3.05, 3.63) is 318 Å². The van der Waals surface area contributed by atoms with Crippen LogP contribution >= 0.6 is 116 Å². The number of halogens is 12. The maximum absolute atomic E-state index is 13.0. The van der Waals surface area contributed by atoms with E-state index in [1.165, 1.54) is 107 Å². The quantitative estimate of drug-likeness (QED) is 0.0307. The number of hydrogen-bond acceptors (Lipinski definition) is 18. The molecule has 0 amide bonds. The number of esters is 3. The summed E-state index contributed by atoms with van der Waals surface area (Å²) in [5.41, 5.74) is 14.7. The number of alkyl halides is 1. The molecule has 0 unspecified atom stereocenters. The number of carboxylic acid groups (broad SMARTS) is 2. The molecule has 0 atom stereocenters. The zero-order valence-electron chi connectivity index (χ0n) is 65.5. The minimum absolute atomic E-state index is 0. The van der Waals surface area contributed by atoms with Gasteiger partial charge in [-0.25, -0.2) is 78.1 Å². The van der Waals surface area contributed by atoms with Gasteiger partial charge in [0.05, 0.1) is 139 Å². The van der Waals surface area contributed by atoms with Crippen molar-refractivity contribution in [2.24, 2.45) is 5.73 Å². The van der Waals surface area contributed by atoms with Gasteiger partial charge in [-0.05, 0) is 280 Å². The van der Waals surface area contributed by atoms with Crippen molar-refractivity contribution in [3.8, 4) is 22.7 Å². The fraction of sp³-hybridized carbons (Fsp3) is 0.0964. The van der Waals surface area contributed by atoms with Gasteiger partial charge in [-0.1, -0.05) is 47.8 Å². The third-order valence-electron chi connectivity index (χ3n) is 17.4. The molecule has 0 radical (unpaired) electrons. The number of carboxylic acids is 2. The molecule has 6 aromatic heterocycles. The van der Waals surface area contributed by atoms with Crippen molar-refractivity contribution < 1.29 is 114 Å². The van der Waals surface area contributed by atoms with Crippen LogP contribution in [0, 0.1) is 39.8 Å². The van der Waals surface area contributed by atoms with Gasteiger partial charge in [0.2, 0.25) is 0 Å². The third kappa shape index (κ3) is 25.3. The topological polar surface area (TPSA) is 388 Å². The second-order valence-electron chi connectivity index (χ2n) is 25.3. The molecule has 0 saturated heterocycles. The molecular formula is C83H65Br3F6I3LiN12O14S. The number of aromatic nitrogens is 11. The van der Waals surface area contributed by atoms with Crippen molar-refractivity contribution in [3.63, 3.8) is 0 Å². The van der Waals surface area contributed by atoms with Gasteiger partial charge in [0, 0.05) is 69.1 Å². The molecule has 40 heteroatoms. The molecular weight excluding hydrogens is 2160 g/mol. The van der Waals surface area contributed by atoms with Crippen LogP contribution in [0.1, 0.15) is 71.6 Å². The van der Waals surface area contributed by atoms with Gasteiger partial charge in [0.1, 0.15) is 29.1 Å². The summed E-state index contributed by atoms with van der Waals surface area (Å²) in [4.78, 5) is 61.4. The molecule has 1 saturated carbocycles. The van der Waals surface area contributed by atoms with Crippen molar-refractivity contribution in [2.75, 3.05) is 34.7 Å². The van der Waals surface area contributed by atoms with E-state index in [0.717, 1.165) is 71.9 Å². The van der Waals surface area contributed by atoms with Gasteiger partial charge in [0.25, 0.3) is 0 Å². The van der Waals surface area contributed by atoms with E-state index in [9.17, 15) is 68.9 Å². The van der Waals surface area contributed by atoms with Crippen LogP contribution in [0.25, 0.3) is 77.3 Å². The first-order chi connectivity index (χ1) is 57.6. The monoisotopic (exact) mass is 2220 g/mol. The van der Waals surface area contributed by atoms with E-state index in [0.29, 0.717) is 70.8 Å². The molecule has 1 fully saturated rings. The average molecular weight is 2230 g/mol. The summed E-state index contributed by atoms with van der Waals surface area (Å²) >= 11 is 16.3. The normalized spacial score (nSPS) is 11.4. The number of aromatic amines is 1. The minimum Gasteiger partial charge on any atom is -0.870 e. The van der Waals surface area contributed by atoms with Crippen molar-refractivity contribution in [2.45, 2.75) is 23.4 Å². The van der Waals surface area contributed by atoms with Crippen molar-refractivity contribution >= 4 is 210 Å². The van der Waals surface area contributed by atoms with Gasteiger partial charge in [0.15, 0.2) is 14.9 Å². The Bertz CT molecular complexity index is 6310. The van der Waals surface area contributed by atoms with E-state index in [1.54, 1.807) is 140 Å². The Balaban J connectivity index is 0.000000200. The van der Waals surface area contributed by atoms with Crippen LogP contribution in [0.4, 0.5) is 26.3 Å². The number of carbonyl (C=O) groups excluding carboxylic acids is 3. The van der Waals surface area contributed by atoms with E-state index in [2.05, 4.69) is 156 Å². The molecule has 1 aliphatic rings. The van der Waals surface area contributed by atoms with Crippen LogP contribution in [0.2, 0.25) is 0 Å². The molecule has 16 aromatic rings. The molecule has 17 rings (SSSR count). The van der Waals surface area contributed by atoms with Crippen LogP contribution in [0.5, 0.6) is 0 Å². The molecule has 0 bridgehead atoms. The van der Waals surface area contributed by atoms with Gasteiger partial charge in [-0.2, -0.15) is 25.5 Å². The number of carbonyl (C=O) groups is 5. The van der Waals surface area contributed by atoms with Crippen LogP contribution in [0.15, 0.2) is 250 Å². The summed E-state index contributed by atoms with van der Waals surface area (Å²) in [6.07, 6.45) is 12.3. The number of methoxy groups -OCH3 is 3. The summed E-state index contributed by atoms with van der Waals surface area (Å²) in [6, 6.07) is 50.9. The molecule has 0 spiro atoms. The summed E-state index contributed by atoms with van der Waals surface area (Å²) in [7, 11) is -0.190. The van der Waals surface area contributed by atoms with Crippen molar-refractivity contribution in [1.82, 2.24) is 54.3 Å². The smallest absolute Gasteiger partial charge is 0.870 e. The standard InChI is InChI=1S/C15H10BrFN2O2.C15H10FIN2O2.C14H8BrFN2O2.C14H8FIN2O2.C9H7BrN2O2.C9H12N2O2S.C6H4FI.CH3F.Li.2H2O/c1-21-15(20)12-6-9(16)7-14-13(12)8-18-19(14)11-4-2-10(17)3-5-11;1-21-15(20)12-6-10(17)7-14-13(12)8-18-19(14)11-4-2-9(16)3-5-11;15-8-5-11(14(19)20)12-7-17-18(13(12)6-8)10-3-1-9(16)2-4-10;15-8-1-3-10(4-2-8)18-13-6-9(16)5-11(14(19)20)12(13)7-17-18;1-14-9(13)6-2-5(10)3-8-7(6)4-11-12-8;1-14(12,13)8-6-7(2-5-11-8)9(10)3-4-9;7-5-1-3-6(8)4-2-5;1-2;;;/h2*2-8H,1H3;2*1-7H,(H,19,20);2-4H,1H3,(H,11,12);2,5-6H,3-4,10H2,1H3;1-4H;1H3;;2*1H2/q;;;;;;;;+1;;/p-1/i;;;;;;;1D;;;. The number of pyridine rings is 1. The van der Waals surface area contributed by atoms with Gasteiger partial charge >= 0.3 is 48.7 Å². The number of fused-ring (bicyclic) bond motifs is 5. The minimum atomic E-state index is -3.22. The number of rotatable bonds is 11. The van der Waals surface area contributed by atoms with E-state index in [4.69, 9.17) is 16.6 Å². The summed E-state index contributed by atoms with van der Waals surface area (Å²) in [6.45, 7) is 0. The second-order valence-corrected chi connectivity index (χ2v) is 33.7. The zero-order valence-corrected chi connectivity index (χ0v) is 76.5. The fourth-order valence-corrected chi connectivity index (χ4v) is 15.0. The molecule has 6 heterocycles. The Kier molecular flexibility index (Phi) is 35.8. The number of ether oxygens (including phenoxy) is 3. The first kappa shape index (κ1) is 98.1. The summed E-state index contributed by atoms with van der Waals surface area (Å²) < 4.78 is 128. The predicted octanol–water partition coefficient (Wildman–Crippen LogP) is 15.9. The first-order valence-electron chi connectivity index (χ1n) is 35.2. The maximum Gasteiger partial charge on any atom is 1.00 e. The Morgan fingerprint density at radius 2 is 0.772 bits per heavy atom. The van der Waals surface area contributed by atoms with E-state index >= 15 is 0 Å². The molecule has 0 aliphatic heterocycles. The van der Waals surface area contributed by atoms with Crippen LogP contribution < -0.4 is 24.6 Å². The SMILES string of the molecule is COC(=O)c1cc(Br)cc2[nH]ncc12.COC(=O)c1cc(Br)cc2c1cnn2-c1ccc(F)cc1.COC(=O)c1cc(I)cc2c1cnn2-c1ccc(F)cc1.CS(=O)(=O)c1cc(C2(N)CC2)ccn1.Fc1ccc(I)cc1.O.O=C(O)c1cc(Br)cc2c1cnn2-c1ccc(F)cc1.O=C(O)c1cc(I)cc2c1cnn2-c1ccc(F)cc1.[2H]CF.[Li+].[OH-]. The third-order valence-corrected chi connectivity index (χ3v) is 21.7. The second kappa shape index (κ2) is 44.8. The Labute approximate surface area is 775 Å². The Hall–Kier alpha value is -10.3. The number of aromatic carboxylic acids is 2. The van der Waals surface area contributed by atoms with E-state index < -0.39 is 40.9 Å².